The topological polar surface area (TPSA) is 105 Å². The molecule has 1 fully saturated rings. The number of fused-ring (bicyclic) bond motifs is 3. The standard InChI is InChI=1S/C27H23FN2O5/c28-23-12-15(26(32)33)9-10-24(23)30-25(31)21-11-16(21)13-29-27(34)35-14-22-19-7-3-1-5-17(19)18-6-2-4-8-20(18)22/h1-10,12,16,21-22H,11,13-14H2,(H,29,34)(H,30,31)(H,32,33)/t16-,21-/m1/s1. The first-order chi connectivity index (χ1) is 16.9. The fourth-order valence-corrected chi connectivity index (χ4v) is 4.63. The highest BCUT2D eigenvalue weighted by atomic mass is 19.1. The lowest BCUT2D eigenvalue weighted by Crippen LogP contribution is -2.29. The molecule has 178 valence electrons. The fraction of sp³-hybridized carbons (Fsp3) is 0.222. The van der Waals surface area contributed by atoms with E-state index in [1.165, 1.54) is 12.1 Å². The molecule has 0 aromatic heterocycles. The highest BCUT2D eigenvalue weighted by Crippen LogP contribution is 2.44. The Bertz CT molecular complexity index is 1280. The van der Waals surface area contributed by atoms with Crippen LogP contribution in [-0.4, -0.2) is 36.2 Å². The monoisotopic (exact) mass is 474 g/mol. The van der Waals surface area contributed by atoms with E-state index in [2.05, 4.69) is 22.8 Å². The molecule has 0 spiro atoms. The maximum Gasteiger partial charge on any atom is 0.407 e. The van der Waals surface area contributed by atoms with Gasteiger partial charge in [-0.2, -0.15) is 0 Å². The third-order valence-corrected chi connectivity index (χ3v) is 6.59. The van der Waals surface area contributed by atoms with Crippen molar-refractivity contribution in [3.05, 3.63) is 89.2 Å². The van der Waals surface area contributed by atoms with Gasteiger partial charge in [-0.05, 0) is 52.8 Å². The molecular weight excluding hydrogens is 451 g/mol. The van der Waals surface area contributed by atoms with Crippen molar-refractivity contribution in [2.24, 2.45) is 11.8 Å². The number of hydrogen-bond acceptors (Lipinski definition) is 4. The molecule has 5 rings (SSSR count). The molecule has 2 atom stereocenters. The maximum absolute atomic E-state index is 14.1. The van der Waals surface area contributed by atoms with Gasteiger partial charge in [-0.25, -0.2) is 14.0 Å². The summed E-state index contributed by atoms with van der Waals surface area (Å²) in [6.45, 7) is 0.481. The average Bonchev–Trinajstić information content (AvgIpc) is 3.58. The molecule has 1 saturated carbocycles. The zero-order valence-corrected chi connectivity index (χ0v) is 18.7. The van der Waals surface area contributed by atoms with Crippen molar-refractivity contribution in [3.63, 3.8) is 0 Å². The Morgan fingerprint density at radius 3 is 2.26 bits per heavy atom. The second-order valence-electron chi connectivity index (χ2n) is 8.80. The van der Waals surface area contributed by atoms with Gasteiger partial charge in [0.2, 0.25) is 5.91 Å². The number of nitrogens with one attached hydrogen (secondary N) is 2. The first-order valence-electron chi connectivity index (χ1n) is 11.3. The summed E-state index contributed by atoms with van der Waals surface area (Å²) >= 11 is 0. The highest BCUT2D eigenvalue weighted by molar-refractivity contribution is 5.95. The number of halogens is 1. The molecule has 3 N–H and O–H groups in total. The number of carboxylic acids is 1. The quantitative estimate of drug-likeness (QED) is 0.463. The zero-order valence-electron chi connectivity index (χ0n) is 18.7. The number of carboxylic acid groups (broad SMARTS) is 1. The van der Waals surface area contributed by atoms with Gasteiger partial charge < -0.3 is 20.5 Å². The van der Waals surface area contributed by atoms with Crippen LogP contribution in [0.1, 0.15) is 33.8 Å². The van der Waals surface area contributed by atoms with Crippen LogP contribution in [-0.2, 0) is 9.53 Å². The second kappa shape index (κ2) is 9.21. The van der Waals surface area contributed by atoms with Crippen LogP contribution >= 0.6 is 0 Å². The molecule has 0 heterocycles. The van der Waals surface area contributed by atoms with Gasteiger partial charge >= 0.3 is 12.1 Å². The highest BCUT2D eigenvalue weighted by Gasteiger charge is 2.43. The minimum absolute atomic E-state index is 0.0324. The van der Waals surface area contributed by atoms with Crippen molar-refractivity contribution in [1.82, 2.24) is 5.32 Å². The van der Waals surface area contributed by atoms with Gasteiger partial charge in [-0.15, -0.1) is 0 Å². The lowest BCUT2D eigenvalue weighted by atomic mass is 9.98. The molecule has 0 radical (unpaired) electrons. The number of carbonyl (C=O) groups is 3. The van der Waals surface area contributed by atoms with E-state index in [1.54, 1.807) is 0 Å². The molecule has 2 amide bonds. The van der Waals surface area contributed by atoms with Crippen molar-refractivity contribution in [3.8, 4) is 11.1 Å². The van der Waals surface area contributed by atoms with Crippen LogP contribution in [0.25, 0.3) is 11.1 Å². The number of amides is 2. The van der Waals surface area contributed by atoms with Crippen molar-refractivity contribution in [2.75, 3.05) is 18.5 Å². The molecule has 3 aromatic carbocycles. The van der Waals surface area contributed by atoms with Crippen LogP contribution in [0.3, 0.4) is 0 Å². The Morgan fingerprint density at radius 2 is 1.63 bits per heavy atom. The Labute approximate surface area is 200 Å². The van der Waals surface area contributed by atoms with E-state index in [0.717, 1.165) is 28.3 Å². The lowest BCUT2D eigenvalue weighted by molar-refractivity contribution is -0.117. The number of benzene rings is 3. The summed E-state index contributed by atoms with van der Waals surface area (Å²) in [4.78, 5) is 35.6. The molecule has 2 aliphatic carbocycles. The molecule has 0 saturated heterocycles. The predicted molar refractivity (Wildman–Crippen MR) is 127 cm³/mol. The summed E-state index contributed by atoms with van der Waals surface area (Å²) in [5, 5.41) is 14.1. The van der Waals surface area contributed by atoms with E-state index >= 15 is 0 Å². The Morgan fingerprint density at radius 1 is 0.971 bits per heavy atom. The molecule has 8 heteroatoms. The Balaban J connectivity index is 1.10. The minimum atomic E-state index is -1.25. The molecular formula is C27H23FN2O5. The number of hydrogen-bond donors (Lipinski definition) is 3. The van der Waals surface area contributed by atoms with E-state index in [0.29, 0.717) is 6.42 Å². The van der Waals surface area contributed by atoms with Crippen LogP contribution < -0.4 is 10.6 Å². The summed E-state index contributed by atoms with van der Waals surface area (Å²) in [5.41, 5.74) is 4.29. The van der Waals surface area contributed by atoms with E-state index in [4.69, 9.17) is 9.84 Å². The van der Waals surface area contributed by atoms with Crippen molar-refractivity contribution in [2.45, 2.75) is 12.3 Å². The van der Waals surface area contributed by atoms with Gasteiger partial charge in [-0.3, -0.25) is 4.79 Å². The molecule has 2 aliphatic rings. The van der Waals surface area contributed by atoms with Gasteiger partial charge in [0, 0.05) is 18.4 Å². The van der Waals surface area contributed by atoms with Crippen LogP contribution in [0.2, 0.25) is 0 Å². The Hall–Kier alpha value is -4.20. The molecule has 0 unspecified atom stereocenters. The van der Waals surface area contributed by atoms with Crippen LogP contribution in [0, 0.1) is 17.7 Å². The summed E-state index contributed by atoms with van der Waals surface area (Å²) in [6.07, 6.45) is 0.0119. The van der Waals surface area contributed by atoms with Gasteiger partial charge in [0.05, 0.1) is 11.3 Å². The Kier molecular flexibility index (Phi) is 5.94. The normalized spacial score (nSPS) is 17.7. The third-order valence-electron chi connectivity index (χ3n) is 6.59. The van der Waals surface area contributed by atoms with Gasteiger partial charge in [0.15, 0.2) is 0 Å². The molecule has 3 aromatic rings. The zero-order chi connectivity index (χ0) is 24.5. The van der Waals surface area contributed by atoms with Crippen molar-refractivity contribution < 1.29 is 28.6 Å². The van der Waals surface area contributed by atoms with Crippen LogP contribution in [0.4, 0.5) is 14.9 Å². The predicted octanol–water partition coefficient (Wildman–Crippen LogP) is 4.64. The van der Waals surface area contributed by atoms with Crippen molar-refractivity contribution >= 4 is 23.7 Å². The minimum Gasteiger partial charge on any atom is -0.478 e. The molecule has 0 bridgehead atoms. The lowest BCUT2D eigenvalue weighted by Gasteiger charge is -2.14. The van der Waals surface area contributed by atoms with Gasteiger partial charge in [0.1, 0.15) is 12.4 Å². The summed E-state index contributed by atoms with van der Waals surface area (Å²) < 4.78 is 19.6. The number of rotatable bonds is 7. The first-order valence-corrected chi connectivity index (χ1v) is 11.3. The number of alkyl carbamates (subject to hydrolysis) is 1. The molecule has 35 heavy (non-hydrogen) atoms. The van der Waals surface area contributed by atoms with Crippen molar-refractivity contribution in [1.29, 1.82) is 0 Å². The second-order valence-corrected chi connectivity index (χ2v) is 8.80. The maximum atomic E-state index is 14.1. The summed E-state index contributed by atoms with van der Waals surface area (Å²) in [5.74, 6) is -2.89. The third kappa shape index (κ3) is 4.59. The van der Waals surface area contributed by atoms with Gasteiger partial charge in [0.25, 0.3) is 0 Å². The fourth-order valence-electron chi connectivity index (χ4n) is 4.63. The van der Waals surface area contributed by atoms with Gasteiger partial charge in [-0.1, -0.05) is 48.5 Å². The number of aromatic carboxylic acids is 1. The number of ether oxygens (including phenoxy) is 1. The summed E-state index contributed by atoms with van der Waals surface area (Å²) in [7, 11) is 0. The summed E-state index contributed by atoms with van der Waals surface area (Å²) in [6, 6.07) is 19.5. The molecule has 7 nitrogen and oxygen atoms in total. The number of carbonyl (C=O) groups excluding carboxylic acids is 2. The van der Waals surface area contributed by atoms with E-state index in [9.17, 15) is 18.8 Å². The van der Waals surface area contributed by atoms with E-state index in [-0.39, 0.29) is 48.1 Å². The van der Waals surface area contributed by atoms with E-state index in [1.807, 2.05) is 36.4 Å². The molecule has 0 aliphatic heterocycles. The largest absolute Gasteiger partial charge is 0.478 e. The average molecular weight is 474 g/mol. The number of anilines is 1. The van der Waals surface area contributed by atoms with Crippen LogP contribution in [0.15, 0.2) is 66.7 Å². The van der Waals surface area contributed by atoms with Crippen LogP contribution in [0.5, 0.6) is 0 Å². The smallest absolute Gasteiger partial charge is 0.407 e. The SMILES string of the molecule is O=C(NC[C@H]1C[C@H]1C(=O)Nc1ccc(C(=O)O)cc1F)OCC1c2ccccc2-c2ccccc21. The van der Waals surface area contributed by atoms with E-state index < -0.39 is 17.9 Å². The first kappa shape index (κ1) is 22.6.